The molecule has 0 aliphatic rings. The predicted molar refractivity (Wildman–Crippen MR) is 212 cm³/mol. The Morgan fingerprint density at radius 3 is 1.12 bits per heavy atom. The first kappa shape index (κ1) is 33.1. The molecule has 0 saturated carbocycles. The van der Waals surface area contributed by atoms with Crippen molar-refractivity contribution in [1.29, 1.82) is 0 Å². The smallest absolute Gasteiger partial charge is 0.263 e. The van der Waals surface area contributed by atoms with Gasteiger partial charge in [-0.05, 0) is 146 Å². The molecule has 9 heteroatoms. The highest BCUT2D eigenvalue weighted by Gasteiger charge is 2.21. The minimum Gasteiger partial charge on any atom is -0.456 e. The van der Waals surface area contributed by atoms with Crippen molar-refractivity contribution in [2.45, 2.75) is 0 Å². The number of rotatable bonds is 12. The summed E-state index contributed by atoms with van der Waals surface area (Å²) in [5.74, 6) is 1.30. The molecule has 0 atom stereocenters. The van der Waals surface area contributed by atoms with Gasteiger partial charge in [0, 0.05) is 51.2 Å². The van der Waals surface area contributed by atoms with Gasteiger partial charge in [0.2, 0.25) is 0 Å². The maximum absolute atomic E-state index is 13.8. The summed E-state index contributed by atoms with van der Waals surface area (Å²) in [6.07, 6.45) is 0. The molecule has 0 saturated heterocycles. The van der Waals surface area contributed by atoms with Gasteiger partial charge in [-0.2, -0.15) is 0 Å². The molecule has 0 radical (unpaired) electrons. The van der Waals surface area contributed by atoms with Crippen molar-refractivity contribution < 1.29 is 14.3 Å². The first-order chi connectivity index (χ1) is 25.4. The summed E-state index contributed by atoms with van der Waals surface area (Å²) in [6, 6.07) is 52.8. The van der Waals surface area contributed by atoms with Crippen LogP contribution in [-0.4, -0.2) is 5.91 Å². The molecule has 1 amide bonds. The fourth-order valence-corrected chi connectivity index (χ4v) is 5.36. The molecule has 0 fully saturated rings. The molecule has 8 N–H and O–H groups in total. The van der Waals surface area contributed by atoms with Crippen LogP contribution in [0, 0.1) is 0 Å². The maximum Gasteiger partial charge on any atom is 0.263 e. The van der Waals surface area contributed by atoms with Crippen LogP contribution < -0.4 is 42.2 Å². The summed E-state index contributed by atoms with van der Waals surface area (Å²) in [5, 5.41) is 13.2. The molecule has 0 spiro atoms. The van der Waals surface area contributed by atoms with Crippen LogP contribution in [0.2, 0.25) is 0 Å². The van der Waals surface area contributed by atoms with E-state index in [1.54, 1.807) is 66.7 Å². The number of para-hydroxylation sites is 1. The van der Waals surface area contributed by atoms with Crippen LogP contribution in [0.3, 0.4) is 0 Å². The number of amides is 1. The number of nitrogens with two attached hydrogens (primary N) is 2. The lowest BCUT2D eigenvalue weighted by atomic mass is 10.1. The monoisotopic (exact) mass is 684 g/mol. The predicted octanol–water partition coefficient (Wildman–Crippen LogP) is 10.9. The first-order valence-electron chi connectivity index (χ1n) is 16.6. The van der Waals surface area contributed by atoms with Crippen LogP contribution in [-0.2, 0) is 0 Å². The molecule has 9 nitrogen and oxygen atoms in total. The minimum absolute atomic E-state index is 0.229. The highest BCUT2D eigenvalue weighted by atomic mass is 16.5. The molecule has 7 rings (SSSR count). The Balaban J connectivity index is 1.00. The molecular weight excluding hydrogens is 649 g/mol. The van der Waals surface area contributed by atoms with Crippen molar-refractivity contribution in [3.05, 3.63) is 175 Å². The van der Waals surface area contributed by atoms with Crippen LogP contribution in [0.25, 0.3) is 0 Å². The van der Waals surface area contributed by atoms with E-state index in [-0.39, 0.29) is 5.56 Å². The lowest BCUT2D eigenvalue weighted by Crippen LogP contribution is -2.14. The number of carbonyl (C=O) groups excluding carboxylic acids is 1. The van der Waals surface area contributed by atoms with E-state index in [9.17, 15) is 4.79 Å². The Morgan fingerprint density at radius 2 is 0.731 bits per heavy atom. The highest BCUT2D eigenvalue weighted by molar-refractivity contribution is 6.08. The van der Waals surface area contributed by atoms with Gasteiger partial charge in [-0.1, -0.05) is 24.3 Å². The summed E-state index contributed by atoms with van der Waals surface area (Å²) in [5.41, 5.74) is 19.5. The SMILES string of the molecule is Nc1ccc(Oc2cccc(Oc3ccc(N)cc3)c2C(=O)Nc2ccc(Nc3ccc(Nc4ccc(Nc5ccccc5)cc4)cc3)cc2)cc1. The topological polar surface area (TPSA) is 136 Å². The number of nitrogens with one attached hydrogen (secondary N) is 4. The van der Waals surface area contributed by atoms with Gasteiger partial charge in [-0.15, -0.1) is 0 Å². The summed E-state index contributed by atoms with van der Waals surface area (Å²) in [6.45, 7) is 0. The quantitative estimate of drug-likeness (QED) is 0.0700. The van der Waals surface area contributed by atoms with Gasteiger partial charge in [-0.25, -0.2) is 0 Å². The molecule has 0 aromatic heterocycles. The van der Waals surface area contributed by atoms with Crippen molar-refractivity contribution in [3.63, 3.8) is 0 Å². The van der Waals surface area contributed by atoms with Crippen LogP contribution in [0.15, 0.2) is 170 Å². The Kier molecular flexibility index (Phi) is 9.84. The van der Waals surface area contributed by atoms with Gasteiger partial charge in [0.25, 0.3) is 5.91 Å². The Hall–Kier alpha value is -7.39. The standard InChI is InChI=1S/C43H36N6O3/c44-29-9-25-38(26-10-29)51-40-7-4-8-41(52-39-27-11-30(45)12-28-39)42(40)43(50)49-37-23-21-36(22-24-37)48-35-19-17-34(18-20-35)47-33-15-13-32(14-16-33)46-31-5-2-1-3-6-31/h1-28,46-48H,44-45H2,(H,49,50). The Bertz CT molecular complexity index is 2180. The van der Waals surface area contributed by atoms with Gasteiger partial charge in [-0.3, -0.25) is 4.79 Å². The van der Waals surface area contributed by atoms with Crippen LogP contribution in [0.5, 0.6) is 23.0 Å². The number of hydrogen-bond acceptors (Lipinski definition) is 8. The van der Waals surface area contributed by atoms with E-state index < -0.39 is 5.91 Å². The number of benzene rings is 7. The van der Waals surface area contributed by atoms with Crippen molar-refractivity contribution in [2.75, 3.05) is 32.7 Å². The summed E-state index contributed by atoms with van der Waals surface area (Å²) >= 11 is 0. The average Bonchev–Trinajstić information content (AvgIpc) is 3.16. The molecule has 0 aliphatic carbocycles. The van der Waals surface area contributed by atoms with E-state index in [0.717, 1.165) is 34.1 Å². The fraction of sp³-hybridized carbons (Fsp3) is 0. The zero-order chi connectivity index (χ0) is 35.7. The summed E-state index contributed by atoms with van der Waals surface area (Å²) in [4.78, 5) is 13.8. The second-order valence-corrected chi connectivity index (χ2v) is 11.9. The Morgan fingerprint density at radius 1 is 0.385 bits per heavy atom. The minimum atomic E-state index is -0.401. The van der Waals surface area contributed by atoms with Crippen molar-refractivity contribution >= 4 is 57.1 Å². The molecular formula is C43H36N6O3. The van der Waals surface area contributed by atoms with Crippen LogP contribution >= 0.6 is 0 Å². The third-order valence-corrected chi connectivity index (χ3v) is 7.98. The van der Waals surface area contributed by atoms with Crippen molar-refractivity contribution in [2.24, 2.45) is 0 Å². The summed E-state index contributed by atoms with van der Waals surface area (Å²) < 4.78 is 12.3. The van der Waals surface area contributed by atoms with E-state index in [4.69, 9.17) is 20.9 Å². The van der Waals surface area contributed by atoms with E-state index in [2.05, 4.69) is 21.3 Å². The molecule has 0 bridgehead atoms. The van der Waals surface area contributed by atoms with E-state index in [1.807, 2.05) is 103 Å². The van der Waals surface area contributed by atoms with Crippen LogP contribution in [0.1, 0.15) is 10.4 Å². The molecule has 0 unspecified atom stereocenters. The average molecular weight is 685 g/mol. The Labute approximate surface area is 301 Å². The molecule has 7 aromatic rings. The maximum atomic E-state index is 13.8. The normalized spacial score (nSPS) is 10.5. The van der Waals surface area contributed by atoms with E-state index >= 15 is 0 Å². The first-order valence-corrected chi connectivity index (χ1v) is 16.6. The zero-order valence-corrected chi connectivity index (χ0v) is 28.0. The zero-order valence-electron chi connectivity index (χ0n) is 28.0. The van der Waals surface area contributed by atoms with Gasteiger partial charge >= 0.3 is 0 Å². The van der Waals surface area contributed by atoms with Crippen molar-refractivity contribution in [3.8, 4) is 23.0 Å². The molecule has 256 valence electrons. The second kappa shape index (κ2) is 15.4. The van der Waals surface area contributed by atoms with E-state index in [0.29, 0.717) is 40.1 Å². The molecule has 0 heterocycles. The van der Waals surface area contributed by atoms with E-state index in [1.165, 1.54) is 0 Å². The van der Waals surface area contributed by atoms with Crippen LogP contribution in [0.4, 0.5) is 51.2 Å². The van der Waals surface area contributed by atoms with Gasteiger partial charge in [0.1, 0.15) is 28.6 Å². The van der Waals surface area contributed by atoms with Crippen molar-refractivity contribution in [1.82, 2.24) is 0 Å². The van der Waals surface area contributed by atoms with Gasteiger partial charge in [0.15, 0.2) is 0 Å². The molecule has 7 aromatic carbocycles. The lowest BCUT2D eigenvalue weighted by Gasteiger charge is -2.16. The summed E-state index contributed by atoms with van der Waals surface area (Å²) in [7, 11) is 0. The molecule has 0 aliphatic heterocycles. The third kappa shape index (κ3) is 8.60. The number of hydrogen-bond donors (Lipinski definition) is 6. The van der Waals surface area contributed by atoms with Gasteiger partial charge < -0.3 is 42.2 Å². The number of carbonyl (C=O) groups is 1. The number of ether oxygens (including phenoxy) is 2. The highest BCUT2D eigenvalue weighted by Crippen LogP contribution is 2.36. The number of anilines is 9. The second-order valence-electron chi connectivity index (χ2n) is 11.9. The third-order valence-electron chi connectivity index (χ3n) is 7.98. The largest absolute Gasteiger partial charge is 0.456 e. The lowest BCUT2D eigenvalue weighted by molar-refractivity contribution is 0.102. The van der Waals surface area contributed by atoms with Gasteiger partial charge in [0.05, 0.1) is 0 Å². The fourth-order valence-electron chi connectivity index (χ4n) is 5.36. The molecule has 52 heavy (non-hydrogen) atoms. The number of nitrogen functional groups attached to an aromatic ring is 2.